The first-order chi connectivity index (χ1) is 16.4. The van der Waals surface area contributed by atoms with E-state index in [0.717, 1.165) is 16.9 Å². The molecular formula is C28H25NO5. The summed E-state index contributed by atoms with van der Waals surface area (Å²) in [5.41, 5.74) is 3.17. The number of aliphatic hydroxyl groups is 1. The first kappa shape index (κ1) is 21.8. The van der Waals surface area contributed by atoms with Gasteiger partial charge < -0.3 is 19.8 Å². The van der Waals surface area contributed by atoms with Gasteiger partial charge in [-0.25, -0.2) is 0 Å². The fraction of sp³-hybridized carbons (Fsp3) is 0.214. The number of phenols is 1. The van der Waals surface area contributed by atoms with Crippen LogP contribution in [0.4, 0.5) is 0 Å². The number of hydrogen-bond donors (Lipinski definition) is 2. The molecule has 0 bridgehead atoms. The molecule has 0 aromatic heterocycles. The van der Waals surface area contributed by atoms with E-state index in [0.29, 0.717) is 30.5 Å². The number of Topliss-reactive ketones (excluding diaryl/α,β-unsaturated/α-hetero) is 1. The molecule has 0 unspecified atom stereocenters. The first-order valence-electron chi connectivity index (χ1n) is 11.3. The Bertz CT molecular complexity index is 1280. The lowest BCUT2D eigenvalue weighted by atomic mass is 9.94. The summed E-state index contributed by atoms with van der Waals surface area (Å²) < 4.78 is 5.75. The molecule has 2 aliphatic rings. The number of aliphatic hydroxyl groups excluding tert-OH is 1. The number of ether oxygens (including phenoxy) is 1. The van der Waals surface area contributed by atoms with E-state index >= 15 is 0 Å². The van der Waals surface area contributed by atoms with E-state index in [1.807, 2.05) is 43.3 Å². The monoisotopic (exact) mass is 455 g/mol. The van der Waals surface area contributed by atoms with Gasteiger partial charge in [0.2, 0.25) is 0 Å². The third-order valence-electron chi connectivity index (χ3n) is 6.40. The van der Waals surface area contributed by atoms with Gasteiger partial charge in [-0.1, -0.05) is 42.5 Å². The largest absolute Gasteiger partial charge is 0.508 e. The number of carbonyl (C=O) groups excluding carboxylic acids is 2. The van der Waals surface area contributed by atoms with Gasteiger partial charge >= 0.3 is 0 Å². The first-order valence-corrected chi connectivity index (χ1v) is 11.3. The molecule has 2 heterocycles. The van der Waals surface area contributed by atoms with Crippen molar-refractivity contribution in [3.63, 3.8) is 0 Å². The summed E-state index contributed by atoms with van der Waals surface area (Å²) in [5.74, 6) is -0.719. The van der Waals surface area contributed by atoms with Crippen LogP contribution in [0.1, 0.15) is 35.2 Å². The van der Waals surface area contributed by atoms with Crippen LogP contribution < -0.4 is 4.74 Å². The molecule has 0 spiro atoms. The average molecular weight is 456 g/mol. The quantitative estimate of drug-likeness (QED) is 0.339. The van der Waals surface area contributed by atoms with E-state index in [1.165, 1.54) is 17.0 Å². The Labute approximate surface area is 197 Å². The van der Waals surface area contributed by atoms with E-state index in [9.17, 15) is 19.8 Å². The highest BCUT2D eigenvalue weighted by Crippen LogP contribution is 2.41. The minimum Gasteiger partial charge on any atom is -0.508 e. The van der Waals surface area contributed by atoms with Crippen LogP contribution in [0.3, 0.4) is 0 Å². The molecule has 2 N–H and O–H groups in total. The number of hydrogen-bond acceptors (Lipinski definition) is 5. The zero-order valence-electron chi connectivity index (χ0n) is 18.8. The fourth-order valence-corrected chi connectivity index (χ4v) is 4.73. The molecular weight excluding hydrogens is 430 g/mol. The van der Waals surface area contributed by atoms with Crippen LogP contribution in [0.25, 0.3) is 5.76 Å². The Morgan fingerprint density at radius 2 is 1.76 bits per heavy atom. The van der Waals surface area contributed by atoms with Gasteiger partial charge in [0.1, 0.15) is 23.4 Å². The Balaban J connectivity index is 1.57. The Morgan fingerprint density at radius 1 is 1.03 bits per heavy atom. The number of likely N-dealkylation sites (tertiary alicyclic amines) is 1. The lowest BCUT2D eigenvalue weighted by molar-refractivity contribution is -0.139. The smallest absolute Gasteiger partial charge is 0.295 e. The van der Waals surface area contributed by atoms with Gasteiger partial charge in [0.25, 0.3) is 11.7 Å². The zero-order valence-corrected chi connectivity index (χ0v) is 18.8. The van der Waals surface area contributed by atoms with Gasteiger partial charge in [-0.3, -0.25) is 9.59 Å². The summed E-state index contributed by atoms with van der Waals surface area (Å²) in [4.78, 5) is 27.8. The van der Waals surface area contributed by atoms with E-state index in [1.54, 1.807) is 24.3 Å². The number of phenolic OH excluding ortho intramolecular Hbond substituents is 1. The molecule has 3 aromatic carbocycles. The van der Waals surface area contributed by atoms with Crippen LogP contribution in [0.15, 0.2) is 78.4 Å². The van der Waals surface area contributed by atoms with Crippen LogP contribution in [0, 0.1) is 0 Å². The molecule has 0 aliphatic carbocycles. The van der Waals surface area contributed by atoms with Gasteiger partial charge in [-0.2, -0.15) is 0 Å². The van der Waals surface area contributed by atoms with E-state index in [-0.39, 0.29) is 23.2 Å². The van der Waals surface area contributed by atoms with Gasteiger partial charge in [0.05, 0.1) is 11.6 Å². The molecule has 1 saturated heterocycles. The standard InChI is InChI=1S/C28H25NO5/c1-17-15-21-16-20(9-12-23(21)34-17)26(31)24-25(19-7-10-22(30)11-8-19)29(28(33)27(24)32)14-13-18-5-3-2-4-6-18/h2-12,16-17,25,30-31H,13-15H2,1H3/b26-24+/t17-,25-/m0/s1. The molecule has 0 radical (unpaired) electrons. The topological polar surface area (TPSA) is 87.1 Å². The second-order valence-electron chi connectivity index (χ2n) is 8.77. The van der Waals surface area contributed by atoms with Gasteiger partial charge in [0.15, 0.2) is 0 Å². The number of fused-ring (bicyclic) bond motifs is 1. The van der Waals surface area contributed by atoms with Crippen LogP contribution in [0.5, 0.6) is 11.5 Å². The molecule has 1 fully saturated rings. The maximum absolute atomic E-state index is 13.2. The number of aromatic hydroxyl groups is 1. The lowest BCUT2D eigenvalue weighted by Gasteiger charge is -2.25. The zero-order chi connectivity index (χ0) is 23.8. The van der Waals surface area contributed by atoms with E-state index in [4.69, 9.17) is 4.74 Å². The Kier molecular flexibility index (Phi) is 5.57. The number of amides is 1. The van der Waals surface area contributed by atoms with E-state index < -0.39 is 17.7 Å². The number of nitrogens with zero attached hydrogens (tertiary/aromatic N) is 1. The number of rotatable bonds is 5. The Hall–Kier alpha value is -4.06. The van der Waals surface area contributed by atoms with Crippen molar-refractivity contribution in [1.29, 1.82) is 0 Å². The van der Waals surface area contributed by atoms with Crippen molar-refractivity contribution in [2.45, 2.75) is 31.9 Å². The van der Waals surface area contributed by atoms with Crippen molar-refractivity contribution in [2.75, 3.05) is 6.54 Å². The van der Waals surface area contributed by atoms with Crippen LogP contribution in [0.2, 0.25) is 0 Å². The predicted molar refractivity (Wildman–Crippen MR) is 127 cm³/mol. The highest BCUT2D eigenvalue weighted by Gasteiger charge is 2.45. The van der Waals surface area contributed by atoms with E-state index in [2.05, 4.69) is 0 Å². The maximum Gasteiger partial charge on any atom is 0.295 e. The van der Waals surface area contributed by atoms with Gasteiger partial charge in [-0.05, 0) is 60.4 Å². The maximum atomic E-state index is 13.2. The third kappa shape index (κ3) is 3.92. The summed E-state index contributed by atoms with van der Waals surface area (Å²) in [6, 6.07) is 20.7. The number of benzene rings is 3. The van der Waals surface area contributed by atoms with Crippen molar-refractivity contribution in [2.24, 2.45) is 0 Å². The van der Waals surface area contributed by atoms with Crippen molar-refractivity contribution in [1.82, 2.24) is 4.90 Å². The van der Waals surface area contributed by atoms with Gasteiger partial charge in [0, 0.05) is 18.5 Å². The SMILES string of the molecule is C[C@H]1Cc2cc(/C(O)=C3\C(=O)C(=O)N(CCc4ccccc4)[C@H]3c3ccc(O)cc3)ccc2O1. The minimum atomic E-state index is -0.757. The summed E-state index contributed by atoms with van der Waals surface area (Å²) >= 11 is 0. The van der Waals surface area contributed by atoms with Crippen molar-refractivity contribution >= 4 is 17.4 Å². The van der Waals surface area contributed by atoms with Crippen LogP contribution in [-0.4, -0.2) is 39.5 Å². The van der Waals surface area contributed by atoms with Crippen molar-refractivity contribution in [3.05, 3.63) is 101 Å². The second kappa shape index (κ2) is 8.71. The highest BCUT2D eigenvalue weighted by molar-refractivity contribution is 6.46. The molecule has 0 saturated carbocycles. The molecule has 2 atom stereocenters. The van der Waals surface area contributed by atoms with Crippen molar-refractivity contribution < 1.29 is 24.5 Å². The Morgan fingerprint density at radius 3 is 2.50 bits per heavy atom. The molecule has 6 nitrogen and oxygen atoms in total. The van der Waals surface area contributed by atoms with Crippen LogP contribution >= 0.6 is 0 Å². The molecule has 34 heavy (non-hydrogen) atoms. The highest BCUT2D eigenvalue weighted by atomic mass is 16.5. The normalized spacial score (nSPS) is 20.9. The molecule has 5 rings (SSSR count). The summed E-state index contributed by atoms with van der Waals surface area (Å²) in [6.07, 6.45) is 1.33. The van der Waals surface area contributed by atoms with Crippen molar-refractivity contribution in [3.8, 4) is 11.5 Å². The minimum absolute atomic E-state index is 0.0490. The average Bonchev–Trinajstić information content (AvgIpc) is 3.34. The molecule has 2 aliphatic heterocycles. The third-order valence-corrected chi connectivity index (χ3v) is 6.40. The summed E-state index contributed by atoms with van der Waals surface area (Å²) in [5, 5.41) is 21.0. The second-order valence-corrected chi connectivity index (χ2v) is 8.77. The number of carbonyl (C=O) groups is 2. The van der Waals surface area contributed by atoms with Gasteiger partial charge in [-0.15, -0.1) is 0 Å². The summed E-state index contributed by atoms with van der Waals surface area (Å²) in [7, 11) is 0. The predicted octanol–water partition coefficient (Wildman–Crippen LogP) is 4.38. The lowest BCUT2D eigenvalue weighted by Crippen LogP contribution is -2.31. The fourth-order valence-electron chi connectivity index (χ4n) is 4.73. The summed E-state index contributed by atoms with van der Waals surface area (Å²) in [6.45, 7) is 2.29. The van der Waals surface area contributed by atoms with Crippen LogP contribution in [-0.2, 0) is 22.4 Å². The molecule has 172 valence electrons. The number of ketones is 1. The molecule has 3 aromatic rings. The molecule has 6 heteroatoms. The molecule has 1 amide bonds.